The SMILES string of the molecule is Fc1cccc(OCCn2cccc2)c1. The second-order valence-corrected chi connectivity index (χ2v) is 3.23. The fourth-order valence-corrected chi connectivity index (χ4v) is 1.34. The molecule has 0 unspecified atom stereocenters. The summed E-state index contributed by atoms with van der Waals surface area (Å²) in [6.07, 6.45) is 3.93. The molecular weight excluding hydrogens is 193 g/mol. The van der Waals surface area contributed by atoms with Crippen molar-refractivity contribution >= 4 is 0 Å². The highest BCUT2D eigenvalue weighted by Gasteiger charge is 1.95. The van der Waals surface area contributed by atoms with Crippen LogP contribution < -0.4 is 4.74 Å². The number of hydrogen-bond donors (Lipinski definition) is 0. The van der Waals surface area contributed by atoms with Crippen LogP contribution in [0.3, 0.4) is 0 Å². The van der Waals surface area contributed by atoms with Crippen molar-refractivity contribution in [1.82, 2.24) is 4.57 Å². The summed E-state index contributed by atoms with van der Waals surface area (Å²) < 4.78 is 20.2. The van der Waals surface area contributed by atoms with Gasteiger partial charge in [0.2, 0.25) is 0 Å². The molecule has 0 saturated carbocycles. The maximum Gasteiger partial charge on any atom is 0.126 e. The van der Waals surface area contributed by atoms with Gasteiger partial charge in [0, 0.05) is 18.5 Å². The third kappa shape index (κ3) is 2.84. The van der Waals surface area contributed by atoms with Gasteiger partial charge in [-0.05, 0) is 24.3 Å². The van der Waals surface area contributed by atoms with Gasteiger partial charge >= 0.3 is 0 Å². The zero-order chi connectivity index (χ0) is 10.5. The Bertz CT molecular complexity index is 411. The van der Waals surface area contributed by atoms with Crippen LogP contribution in [-0.2, 0) is 6.54 Å². The highest BCUT2D eigenvalue weighted by molar-refractivity contribution is 5.22. The Morgan fingerprint density at radius 2 is 1.93 bits per heavy atom. The first-order chi connectivity index (χ1) is 7.34. The molecule has 1 heterocycles. The van der Waals surface area contributed by atoms with Crippen molar-refractivity contribution in [3.63, 3.8) is 0 Å². The monoisotopic (exact) mass is 205 g/mol. The summed E-state index contributed by atoms with van der Waals surface area (Å²) in [4.78, 5) is 0. The molecule has 0 radical (unpaired) electrons. The van der Waals surface area contributed by atoms with Crippen LogP contribution in [0.25, 0.3) is 0 Å². The predicted octanol–water partition coefficient (Wildman–Crippen LogP) is 2.71. The minimum atomic E-state index is -0.270. The number of nitrogens with zero attached hydrogens (tertiary/aromatic N) is 1. The minimum absolute atomic E-state index is 0.270. The van der Waals surface area contributed by atoms with Gasteiger partial charge in [-0.15, -0.1) is 0 Å². The Balaban J connectivity index is 1.83. The normalized spacial score (nSPS) is 10.2. The summed E-state index contributed by atoms with van der Waals surface area (Å²) in [5.74, 6) is 0.302. The first-order valence-electron chi connectivity index (χ1n) is 4.84. The summed E-state index contributed by atoms with van der Waals surface area (Å²) in [5.41, 5.74) is 0. The Morgan fingerprint density at radius 3 is 2.67 bits per heavy atom. The van der Waals surface area contributed by atoms with E-state index in [0.717, 1.165) is 6.54 Å². The predicted molar refractivity (Wildman–Crippen MR) is 56.3 cm³/mol. The van der Waals surface area contributed by atoms with Gasteiger partial charge in [-0.25, -0.2) is 4.39 Å². The average Bonchev–Trinajstić information content (AvgIpc) is 2.71. The molecule has 0 saturated heterocycles. The lowest BCUT2D eigenvalue weighted by Crippen LogP contribution is -2.06. The fourth-order valence-electron chi connectivity index (χ4n) is 1.34. The first-order valence-corrected chi connectivity index (χ1v) is 4.84. The third-order valence-corrected chi connectivity index (χ3v) is 2.08. The van der Waals surface area contributed by atoms with Crippen LogP contribution in [0.4, 0.5) is 4.39 Å². The van der Waals surface area contributed by atoms with E-state index in [-0.39, 0.29) is 5.82 Å². The topological polar surface area (TPSA) is 14.2 Å². The van der Waals surface area contributed by atoms with Crippen molar-refractivity contribution in [2.45, 2.75) is 6.54 Å². The van der Waals surface area contributed by atoms with Crippen molar-refractivity contribution in [3.8, 4) is 5.75 Å². The Labute approximate surface area is 87.9 Å². The van der Waals surface area contributed by atoms with E-state index < -0.39 is 0 Å². The van der Waals surface area contributed by atoms with Crippen LogP contribution in [0, 0.1) is 5.82 Å². The van der Waals surface area contributed by atoms with Crippen molar-refractivity contribution < 1.29 is 9.13 Å². The molecule has 0 amide bonds. The molecule has 0 spiro atoms. The average molecular weight is 205 g/mol. The van der Waals surface area contributed by atoms with E-state index >= 15 is 0 Å². The number of benzene rings is 1. The maximum absolute atomic E-state index is 12.8. The molecule has 2 aromatic rings. The highest BCUT2D eigenvalue weighted by Crippen LogP contribution is 2.11. The van der Waals surface area contributed by atoms with Crippen LogP contribution in [0.1, 0.15) is 0 Å². The van der Waals surface area contributed by atoms with Gasteiger partial charge in [0.25, 0.3) is 0 Å². The molecule has 0 bridgehead atoms. The summed E-state index contributed by atoms with van der Waals surface area (Å²) in [6, 6.07) is 10.1. The van der Waals surface area contributed by atoms with E-state index in [1.54, 1.807) is 12.1 Å². The van der Waals surface area contributed by atoms with Crippen LogP contribution >= 0.6 is 0 Å². The van der Waals surface area contributed by atoms with E-state index in [0.29, 0.717) is 12.4 Å². The van der Waals surface area contributed by atoms with Crippen LogP contribution in [-0.4, -0.2) is 11.2 Å². The molecule has 0 N–H and O–H groups in total. The molecule has 2 nitrogen and oxygen atoms in total. The first kappa shape index (κ1) is 9.77. The standard InChI is InChI=1S/C12H12FNO/c13-11-4-3-5-12(10-11)15-9-8-14-6-1-2-7-14/h1-7,10H,8-9H2. The van der Waals surface area contributed by atoms with Crippen molar-refractivity contribution in [3.05, 3.63) is 54.6 Å². The number of ether oxygens (including phenoxy) is 1. The summed E-state index contributed by atoms with van der Waals surface area (Å²) >= 11 is 0. The maximum atomic E-state index is 12.8. The number of halogens is 1. The molecular formula is C12H12FNO. The largest absolute Gasteiger partial charge is 0.492 e. The quantitative estimate of drug-likeness (QED) is 0.748. The van der Waals surface area contributed by atoms with Gasteiger partial charge in [-0.2, -0.15) is 0 Å². The van der Waals surface area contributed by atoms with Crippen molar-refractivity contribution in [2.75, 3.05) is 6.61 Å². The van der Waals surface area contributed by atoms with E-state index in [2.05, 4.69) is 0 Å². The van der Waals surface area contributed by atoms with Gasteiger partial charge < -0.3 is 9.30 Å². The summed E-state index contributed by atoms with van der Waals surface area (Å²) in [7, 11) is 0. The Hall–Kier alpha value is -1.77. The summed E-state index contributed by atoms with van der Waals surface area (Å²) in [6.45, 7) is 1.31. The van der Waals surface area contributed by atoms with E-state index in [9.17, 15) is 4.39 Å². The molecule has 2 rings (SSSR count). The molecule has 3 heteroatoms. The molecule has 0 aliphatic rings. The second kappa shape index (κ2) is 4.64. The fraction of sp³-hybridized carbons (Fsp3) is 0.167. The lowest BCUT2D eigenvalue weighted by molar-refractivity contribution is 0.297. The van der Waals surface area contributed by atoms with Gasteiger partial charge in [0.1, 0.15) is 18.2 Å². The van der Waals surface area contributed by atoms with Crippen LogP contribution in [0.2, 0.25) is 0 Å². The second-order valence-electron chi connectivity index (χ2n) is 3.23. The van der Waals surface area contributed by atoms with E-state index in [1.807, 2.05) is 29.1 Å². The lowest BCUT2D eigenvalue weighted by atomic mass is 10.3. The number of aromatic nitrogens is 1. The van der Waals surface area contributed by atoms with Crippen LogP contribution in [0.5, 0.6) is 5.75 Å². The van der Waals surface area contributed by atoms with Crippen LogP contribution in [0.15, 0.2) is 48.8 Å². The van der Waals surface area contributed by atoms with Gasteiger partial charge in [-0.3, -0.25) is 0 Å². The van der Waals surface area contributed by atoms with Crippen molar-refractivity contribution in [1.29, 1.82) is 0 Å². The highest BCUT2D eigenvalue weighted by atomic mass is 19.1. The number of hydrogen-bond acceptors (Lipinski definition) is 1. The van der Waals surface area contributed by atoms with E-state index in [4.69, 9.17) is 4.74 Å². The zero-order valence-electron chi connectivity index (χ0n) is 8.27. The molecule has 0 aliphatic carbocycles. The third-order valence-electron chi connectivity index (χ3n) is 2.08. The molecule has 0 fully saturated rings. The molecule has 78 valence electrons. The molecule has 15 heavy (non-hydrogen) atoms. The van der Waals surface area contributed by atoms with Gasteiger partial charge in [0.15, 0.2) is 0 Å². The van der Waals surface area contributed by atoms with Gasteiger partial charge in [0.05, 0.1) is 6.54 Å². The molecule has 1 aromatic heterocycles. The Morgan fingerprint density at radius 1 is 1.13 bits per heavy atom. The molecule has 1 aromatic carbocycles. The van der Waals surface area contributed by atoms with E-state index in [1.165, 1.54) is 12.1 Å². The lowest BCUT2D eigenvalue weighted by Gasteiger charge is -2.06. The smallest absolute Gasteiger partial charge is 0.126 e. The minimum Gasteiger partial charge on any atom is -0.492 e. The number of rotatable bonds is 4. The van der Waals surface area contributed by atoms with Gasteiger partial charge in [-0.1, -0.05) is 6.07 Å². The van der Waals surface area contributed by atoms with Crippen molar-refractivity contribution in [2.24, 2.45) is 0 Å². The molecule has 0 aliphatic heterocycles. The Kier molecular flexibility index (Phi) is 3.02. The summed E-state index contributed by atoms with van der Waals surface area (Å²) in [5, 5.41) is 0. The zero-order valence-corrected chi connectivity index (χ0v) is 8.27. The molecule has 0 atom stereocenters.